The van der Waals surface area contributed by atoms with E-state index in [1.165, 1.54) is 0 Å². The van der Waals surface area contributed by atoms with Crippen LogP contribution in [0.5, 0.6) is 0 Å². The van der Waals surface area contributed by atoms with E-state index in [9.17, 15) is 9.59 Å². The molecule has 0 radical (unpaired) electrons. The molecule has 17 heavy (non-hydrogen) atoms. The average molecular weight is 236 g/mol. The lowest BCUT2D eigenvalue weighted by molar-refractivity contribution is -0.126. The number of hydrogen-bond acceptors (Lipinski definition) is 3. The summed E-state index contributed by atoms with van der Waals surface area (Å²) >= 11 is 0. The third-order valence-electron chi connectivity index (χ3n) is 2.92. The lowest BCUT2D eigenvalue weighted by Gasteiger charge is -2.08. The zero-order valence-electron chi connectivity index (χ0n) is 9.99. The molecule has 6 heteroatoms. The van der Waals surface area contributed by atoms with Gasteiger partial charge in [-0.05, 0) is 6.92 Å². The van der Waals surface area contributed by atoms with Gasteiger partial charge in [0.05, 0.1) is 11.6 Å². The molecule has 2 N–H and O–H groups in total. The monoisotopic (exact) mass is 236 g/mol. The van der Waals surface area contributed by atoms with E-state index >= 15 is 0 Å². The molecule has 2 amide bonds. The van der Waals surface area contributed by atoms with Gasteiger partial charge in [0.1, 0.15) is 0 Å². The second kappa shape index (κ2) is 4.57. The third-order valence-corrected chi connectivity index (χ3v) is 2.92. The summed E-state index contributed by atoms with van der Waals surface area (Å²) in [6, 6.07) is 0. The SMILES string of the molecule is Cc1nn(C)cc1CNC(=O)C1CNC(=O)C1. The molecule has 0 saturated carbocycles. The van der Waals surface area contributed by atoms with Crippen LogP contribution in [0.15, 0.2) is 6.20 Å². The van der Waals surface area contributed by atoms with Gasteiger partial charge in [0.15, 0.2) is 0 Å². The highest BCUT2D eigenvalue weighted by molar-refractivity contribution is 5.89. The fourth-order valence-corrected chi connectivity index (χ4v) is 1.94. The zero-order valence-corrected chi connectivity index (χ0v) is 9.99. The maximum absolute atomic E-state index is 11.8. The molecule has 1 aromatic heterocycles. The smallest absolute Gasteiger partial charge is 0.225 e. The van der Waals surface area contributed by atoms with Crippen LogP contribution in [-0.4, -0.2) is 28.1 Å². The first-order valence-electron chi connectivity index (χ1n) is 5.60. The van der Waals surface area contributed by atoms with Gasteiger partial charge < -0.3 is 10.6 Å². The number of amides is 2. The van der Waals surface area contributed by atoms with Crippen LogP contribution in [0.2, 0.25) is 0 Å². The van der Waals surface area contributed by atoms with Gasteiger partial charge in [0.2, 0.25) is 11.8 Å². The van der Waals surface area contributed by atoms with Crippen molar-refractivity contribution in [2.45, 2.75) is 19.9 Å². The van der Waals surface area contributed by atoms with Crippen LogP contribution in [0.25, 0.3) is 0 Å². The van der Waals surface area contributed by atoms with Crippen LogP contribution in [0.4, 0.5) is 0 Å². The first-order valence-corrected chi connectivity index (χ1v) is 5.60. The molecule has 1 saturated heterocycles. The Bertz CT molecular complexity index is 452. The number of carbonyl (C=O) groups is 2. The highest BCUT2D eigenvalue weighted by Gasteiger charge is 2.27. The lowest BCUT2D eigenvalue weighted by Crippen LogP contribution is -2.31. The molecule has 1 fully saturated rings. The van der Waals surface area contributed by atoms with Crippen LogP contribution < -0.4 is 10.6 Å². The van der Waals surface area contributed by atoms with Gasteiger partial charge in [0, 0.05) is 38.3 Å². The Balaban J connectivity index is 1.88. The topological polar surface area (TPSA) is 76.0 Å². The molecule has 0 bridgehead atoms. The van der Waals surface area contributed by atoms with Crippen molar-refractivity contribution in [1.29, 1.82) is 0 Å². The lowest BCUT2D eigenvalue weighted by atomic mass is 10.1. The minimum Gasteiger partial charge on any atom is -0.355 e. The predicted molar refractivity (Wildman–Crippen MR) is 60.9 cm³/mol. The molecule has 6 nitrogen and oxygen atoms in total. The van der Waals surface area contributed by atoms with E-state index in [0.717, 1.165) is 11.3 Å². The summed E-state index contributed by atoms with van der Waals surface area (Å²) in [7, 11) is 1.85. The Kier molecular flexibility index (Phi) is 3.12. The van der Waals surface area contributed by atoms with Gasteiger partial charge in [0.25, 0.3) is 0 Å². The standard InChI is InChI=1S/C11H16N4O2/c1-7-9(6-15(2)14-7)5-13-11(17)8-3-10(16)12-4-8/h6,8H,3-5H2,1-2H3,(H,12,16)(H,13,17). The first kappa shape index (κ1) is 11.6. The Labute approximate surface area is 99.4 Å². The van der Waals surface area contributed by atoms with Crippen molar-refractivity contribution >= 4 is 11.8 Å². The molecular weight excluding hydrogens is 220 g/mol. The maximum atomic E-state index is 11.8. The molecule has 1 aliphatic rings. The number of nitrogens with zero attached hydrogens (tertiary/aromatic N) is 2. The summed E-state index contributed by atoms with van der Waals surface area (Å²) in [5, 5.41) is 9.68. The Morgan fingerprint density at radius 2 is 2.47 bits per heavy atom. The highest BCUT2D eigenvalue weighted by atomic mass is 16.2. The number of rotatable bonds is 3. The number of nitrogens with one attached hydrogen (secondary N) is 2. The molecule has 0 aliphatic carbocycles. The Morgan fingerprint density at radius 1 is 1.71 bits per heavy atom. The van der Waals surface area contributed by atoms with Crippen molar-refractivity contribution in [3.8, 4) is 0 Å². The fraction of sp³-hybridized carbons (Fsp3) is 0.545. The summed E-state index contributed by atoms with van der Waals surface area (Å²) in [4.78, 5) is 22.7. The van der Waals surface area contributed by atoms with E-state index < -0.39 is 0 Å². The minimum atomic E-state index is -0.237. The summed E-state index contributed by atoms with van der Waals surface area (Å²) in [5.74, 6) is -0.367. The normalized spacial score (nSPS) is 19.2. The maximum Gasteiger partial charge on any atom is 0.225 e. The number of hydrogen-bond donors (Lipinski definition) is 2. The molecular formula is C11H16N4O2. The number of carbonyl (C=O) groups excluding carboxylic acids is 2. The summed E-state index contributed by atoms with van der Waals surface area (Å²) in [6.07, 6.45) is 2.17. The van der Waals surface area contributed by atoms with Crippen LogP contribution in [0.3, 0.4) is 0 Å². The minimum absolute atomic E-state index is 0.0530. The predicted octanol–water partition coefficient (Wildman–Crippen LogP) is -0.519. The number of aryl methyl sites for hydroxylation is 2. The van der Waals surface area contributed by atoms with Crippen molar-refractivity contribution in [3.05, 3.63) is 17.5 Å². The average Bonchev–Trinajstić information content (AvgIpc) is 2.82. The largest absolute Gasteiger partial charge is 0.355 e. The fourth-order valence-electron chi connectivity index (χ4n) is 1.94. The van der Waals surface area contributed by atoms with E-state index in [4.69, 9.17) is 0 Å². The second-order valence-corrected chi connectivity index (χ2v) is 4.34. The summed E-state index contributed by atoms with van der Waals surface area (Å²) in [5.41, 5.74) is 1.91. The first-order chi connectivity index (χ1) is 8.06. The van der Waals surface area contributed by atoms with Crippen LogP contribution in [0, 0.1) is 12.8 Å². The molecule has 1 unspecified atom stereocenters. The molecule has 0 spiro atoms. The van der Waals surface area contributed by atoms with E-state index in [1.54, 1.807) is 4.68 Å². The Hall–Kier alpha value is -1.85. The Morgan fingerprint density at radius 3 is 3.00 bits per heavy atom. The van der Waals surface area contributed by atoms with E-state index in [1.807, 2.05) is 20.2 Å². The molecule has 2 rings (SSSR count). The zero-order chi connectivity index (χ0) is 12.4. The van der Waals surface area contributed by atoms with E-state index in [0.29, 0.717) is 13.1 Å². The van der Waals surface area contributed by atoms with Crippen LogP contribution >= 0.6 is 0 Å². The quantitative estimate of drug-likeness (QED) is 0.741. The van der Waals surface area contributed by atoms with Gasteiger partial charge in [-0.1, -0.05) is 0 Å². The highest BCUT2D eigenvalue weighted by Crippen LogP contribution is 2.10. The summed E-state index contributed by atoms with van der Waals surface area (Å²) < 4.78 is 1.72. The van der Waals surface area contributed by atoms with Crippen molar-refractivity contribution in [1.82, 2.24) is 20.4 Å². The van der Waals surface area contributed by atoms with Crippen LogP contribution in [-0.2, 0) is 23.2 Å². The molecule has 92 valence electrons. The molecule has 2 heterocycles. The second-order valence-electron chi connectivity index (χ2n) is 4.34. The van der Waals surface area contributed by atoms with Crippen molar-refractivity contribution < 1.29 is 9.59 Å². The van der Waals surface area contributed by atoms with Crippen molar-refractivity contribution in [2.75, 3.05) is 6.54 Å². The molecule has 1 aromatic rings. The van der Waals surface area contributed by atoms with Gasteiger partial charge in [-0.3, -0.25) is 14.3 Å². The summed E-state index contributed by atoms with van der Waals surface area (Å²) in [6.45, 7) is 2.81. The van der Waals surface area contributed by atoms with Gasteiger partial charge in [-0.15, -0.1) is 0 Å². The number of aromatic nitrogens is 2. The van der Waals surface area contributed by atoms with Gasteiger partial charge in [-0.2, -0.15) is 5.10 Å². The van der Waals surface area contributed by atoms with Crippen molar-refractivity contribution in [2.24, 2.45) is 13.0 Å². The molecule has 1 aliphatic heterocycles. The van der Waals surface area contributed by atoms with Gasteiger partial charge >= 0.3 is 0 Å². The van der Waals surface area contributed by atoms with Gasteiger partial charge in [-0.25, -0.2) is 0 Å². The molecule has 1 atom stereocenters. The van der Waals surface area contributed by atoms with E-state index in [2.05, 4.69) is 15.7 Å². The van der Waals surface area contributed by atoms with Crippen molar-refractivity contribution in [3.63, 3.8) is 0 Å². The third kappa shape index (κ3) is 2.64. The molecule has 0 aromatic carbocycles. The van der Waals surface area contributed by atoms with Crippen LogP contribution in [0.1, 0.15) is 17.7 Å². The van der Waals surface area contributed by atoms with E-state index in [-0.39, 0.29) is 24.2 Å².